The minimum Gasteiger partial charge on any atom is -0.470 e. The Balaban J connectivity index is 2.11. The van der Waals surface area contributed by atoms with Crippen LogP contribution in [0.1, 0.15) is 10.4 Å². The zero-order chi connectivity index (χ0) is 12.5. The predicted molar refractivity (Wildman–Crippen MR) is 63.3 cm³/mol. The summed E-state index contributed by atoms with van der Waals surface area (Å²) in [6.07, 6.45) is 9.58. The van der Waals surface area contributed by atoms with Gasteiger partial charge in [0.15, 0.2) is 5.65 Å². The quantitative estimate of drug-likeness (QED) is 0.835. The summed E-state index contributed by atoms with van der Waals surface area (Å²) >= 11 is 0. The van der Waals surface area contributed by atoms with Crippen LogP contribution in [0, 0.1) is 0 Å². The number of nitrogens with two attached hydrogens (primary N) is 1. The van der Waals surface area contributed by atoms with Crippen molar-refractivity contribution in [1.82, 2.24) is 14.6 Å². The molecule has 18 heavy (non-hydrogen) atoms. The number of fused-ring (bicyclic) bond motifs is 1. The first-order valence-electron chi connectivity index (χ1n) is 5.17. The van der Waals surface area contributed by atoms with Gasteiger partial charge < -0.3 is 15.4 Å². The number of hydrogen-bond acceptors (Lipinski definition) is 5. The molecule has 1 aliphatic heterocycles. The number of aromatic nitrogens is 3. The van der Waals surface area contributed by atoms with Crippen LogP contribution in [0.5, 0.6) is 0 Å². The molecule has 0 unspecified atom stereocenters. The van der Waals surface area contributed by atoms with Gasteiger partial charge in [-0.05, 0) is 6.07 Å². The van der Waals surface area contributed by atoms with E-state index < -0.39 is 5.91 Å². The summed E-state index contributed by atoms with van der Waals surface area (Å²) < 4.78 is 6.43. The minimum atomic E-state index is -0.553. The molecular weight excluding hydrogens is 234 g/mol. The Morgan fingerprint density at radius 1 is 1.33 bits per heavy atom. The van der Waals surface area contributed by atoms with Crippen LogP contribution in [0.4, 0.5) is 5.82 Å². The summed E-state index contributed by atoms with van der Waals surface area (Å²) in [7, 11) is 0. The molecule has 90 valence electrons. The van der Waals surface area contributed by atoms with Crippen LogP contribution >= 0.6 is 0 Å². The van der Waals surface area contributed by atoms with Gasteiger partial charge in [0.2, 0.25) is 0 Å². The third-order valence-electron chi connectivity index (χ3n) is 2.48. The molecular formula is C11H9N5O2. The molecule has 0 spiro atoms. The fourth-order valence-electron chi connectivity index (χ4n) is 1.63. The molecule has 0 bridgehead atoms. The Bertz CT molecular complexity index is 661. The van der Waals surface area contributed by atoms with Gasteiger partial charge in [0, 0.05) is 18.6 Å². The van der Waals surface area contributed by atoms with Crippen LogP contribution in [0.25, 0.3) is 5.65 Å². The van der Waals surface area contributed by atoms with E-state index in [1.165, 1.54) is 23.2 Å². The smallest absolute Gasteiger partial charge is 0.254 e. The fourth-order valence-corrected chi connectivity index (χ4v) is 1.63. The first-order valence-corrected chi connectivity index (χ1v) is 5.17. The number of nitrogens with zero attached hydrogens (tertiary/aromatic N) is 4. The van der Waals surface area contributed by atoms with E-state index in [-0.39, 0.29) is 5.56 Å². The van der Waals surface area contributed by atoms with Crippen molar-refractivity contribution in [2.75, 3.05) is 4.90 Å². The lowest BCUT2D eigenvalue weighted by Gasteiger charge is -2.16. The molecule has 2 aromatic rings. The Morgan fingerprint density at radius 2 is 2.11 bits per heavy atom. The summed E-state index contributed by atoms with van der Waals surface area (Å²) in [5, 5.41) is 4.00. The van der Waals surface area contributed by atoms with Crippen molar-refractivity contribution in [1.29, 1.82) is 0 Å². The average molecular weight is 243 g/mol. The lowest BCUT2D eigenvalue weighted by molar-refractivity contribution is 0.100. The van der Waals surface area contributed by atoms with E-state index in [0.29, 0.717) is 11.5 Å². The molecule has 7 heteroatoms. The average Bonchev–Trinajstić information content (AvgIpc) is 2.82. The Labute approximate surface area is 102 Å². The number of amides is 1. The lowest BCUT2D eigenvalue weighted by Crippen LogP contribution is -2.14. The van der Waals surface area contributed by atoms with Crippen molar-refractivity contribution < 1.29 is 9.53 Å². The molecule has 3 rings (SSSR count). The van der Waals surface area contributed by atoms with Crippen molar-refractivity contribution in [2.24, 2.45) is 5.73 Å². The number of hydrogen-bond donors (Lipinski definition) is 1. The molecule has 1 aliphatic rings. The standard InChI is InChI=1S/C11H9N5O2/c12-10(17)8-7-13-16-2-1-9(14-11(8)16)15-3-5-18-6-4-15/h1-7H,(H2,12,17). The maximum Gasteiger partial charge on any atom is 0.254 e. The molecule has 2 N–H and O–H groups in total. The molecule has 0 aliphatic carbocycles. The summed E-state index contributed by atoms with van der Waals surface area (Å²) in [5.74, 6) is 0.0870. The fraction of sp³-hybridized carbons (Fsp3) is 0. The van der Waals surface area contributed by atoms with Crippen LogP contribution in [0.15, 0.2) is 43.4 Å². The summed E-state index contributed by atoms with van der Waals surface area (Å²) in [6, 6.07) is 1.77. The maximum atomic E-state index is 11.2. The number of rotatable bonds is 2. The largest absolute Gasteiger partial charge is 0.470 e. The van der Waals surface area contributed by atoms with Crippen LogP contribution in [0.3, 0.4) is 0 Å². The molecule has 0 saturated carbocycles. The van der Waals surface area contributed by atoms with Crippen molar-refractivity contribution in [2.45, 2.75) is 0 Å². The highest BCUT2D eigenvalue weighted by Crippen LogP contribution is 2.17. The molecule has 0 fully saturated rings. The second-order valence-corrected chi connectivity index (χ2v) is 3.59. The summed E-state index contributed by atoms with van der Waals surface area (Å²) in [5.41, 5.74) is 5.97. The number of carbonyl (C=O) groups excluding carboxylic acids is 1. The lowest BCUT2D eigenvalue weighted by atomic mass is 10.3. The highest BCUT2D eigenvalue weighted by atomic mass is 16.5. The number of anilines is 1. The topological polar surface area (TPSA) is 85.8 Å². The second kappa shape index (κ2) is 3.88. The Kier molecular flexibility index (Phi) is 2.23. The van der Waals surface area contributed by atoms with E-state index >= 15 is 0 Å². The van der Waals surface area contributed by atoms with Gasteiger partial charge in [-0.1, -0.05) is 0 Å². The highest BCUT2D eigenvalue weighted by molar-refractivity contribution is 5.98. The molecule has 0 saturated heterocycles. The molecule has 0 atom stereocenters. The van der Waals surface area contributed by atoms with E-state index in [1.54, 1.807) is 29.6 Å². The van der Waals surface area contributed by atoms with Gasteiger partial charge in [-0.3, -0.25) is 4.79 Å². The van der Waals surface area contributed by atoms with Gasteiger partial charge in [-0.25, -0.2) is 9.50 Å². The Hall–Kier alpha value is -2.83. The van der Waals surface area contributed by atoms with Crippen molar-refractivity contribution in [3.8, 4) is 0 Å². The van der Waals surface area contributed by atoms with Gasteiger partial charge in [0.25, 0.3) is 5.91 Å². The zero-order valence-electron chi connectivity index (χ0n) is 9.22. The van der Waals surface area contributed by atoms with Gasteiger partial charge in [0.1, 0.15) is 23.9 Å². The van der Waals surface area contributed by atoms with Gasteiger partial charge in [-0.15, -0.1) is 0 Å². The second-order valence-electron chi connectivity index (χ2n) is 3.59. The van der Waals surface area contributed by atoms with Crippen molar-refractivity contribution >= 4 is 17.4 Å². The SMILES string of the molecule is NC(=O)c1cnn2ccc(N3C=COC=C3)nc12. The van der Waals surface area contributed by atoms with Crippen LogP contribution in [0.2, 0.25) is 0 Å². The van der Waals surface area contributed by atoms with Crippen LogP contribution < -0.4 is 10.6 Å². The summed E-state index contributed by atoms with van der Waals surface area (Å²) in [6.45, 7) is 0. The maximum absolute atomic E-state index is 11.2. The van der Waals surface area contributed by atoms with E-state index in [0.717, 1.165) is 0 Å². The zero-order valence-corrected chi connectivity index (χ0v) is 9.22. The van der Waals surface area contributed by atoms with E-state index in [9.17, 15) is 4.79 Å². The monoisotopic (exact) mass is 243 g/mol. The van der Waals surface area contributed by atoms with Crippen LogP contribution in [-0.2, 0) is 4.74 Å². The predicted octanol–water partition coefficient (Wildman–Crippen LogP) is 0.607. The first-order chi connectivity index (χ1) is 8.75. The summed E-state index contributed by atoms with van der Waals surface area (Å²) in [4.78, 5) is 17.3. The molecule has 2 aromatic heterocycles. The third-order valence-corrected chi connectivity index (χ3v) is 2.48. The first kappa shape index (κ1) is 10.3. The molecule has 0 radical (unpaired) electrons. The molecule has 3 heterocycles. The van der Waals surface area contributed by atoms with Crippen molar-refractivity contribution in [3.63, 3.8) is 0 Å². The Morgan fingerprint density at radius 3 is 2.83 bits per heavy atom. The minimum absolute atomic E-state index is 0.290. The number of ether oxygens (including phenoxy) is 1. The van der Waals surface area contributed by atoms with Gasteiger partial charge >= 0.3 is 0 Å². The highest BCUT2D eigenvalue weighted by Gasteiger charge is 2.13. The third kappa shape index (κ3) is 1.58. The van der Waals surface area contributed by atoms with Crippen LogP contribution in [-0.4, -0.2) is 20.5 Å². The van der Waals surface area contributed by atoms with E-state index in [4.69, 9.17) is 10.5 Å². The molecule has 1 amide bonds. The normalized spacial score (nSPS) is 13.9. The van der Waals surface area contributed by atoms with Gasteiger partial charge in [-0.2, -0.15) is 5.10 Å². The van der Waals surface area contributed by atoms with Gasteiger partial charge in [0.05, 0.1) is 6.20 Å². The molecule has 7 nitrogen and oxygen atoms in total. The van der Waals surface area contributed by atoms with Crippen molar-refractivity contribution in [3.05, 3.63) is 48.9 Å². The molecule has 0 aromatic carbocycles. The number of carbonyl (C=O) groups is 1. The van der Waals surface area contributed by atoms with E-state index in [2.05, 4.69) is 10.1 Å². The number of primary amides is 1. The van der Waals surface area contributed by atoms with E-state index in [1.807, 2.05) is 0 Å².